The molecule has 0 saturated heterocycles. The van der Waals surface area contributed by atoms with Crippen molar-refractivity contribution < 1.29 is 13.9 Å². The van der Waals surface area contributed by atoms with Gasteiger partial charge in [-0.1, -0.05) is 0 Å². The summed E-state index contributed by atoms with van der Waals surface area (Å²) in [6, 6.07) is 4.07. The molecule has 0 aliphatic heterocycles. The van der Waals surface area contributed by atoms with Crippen LogP contribution in [0.15, 0.2) is 55.6 Å². The maximum Gasteiger partial charge on any atom is 0.260 e. The Labute approximate surface area is 145 Å². The van der Waals surface area contributed by atoms with Gasteiger partial charge in [0.15, 0.2) is 11.4 Å². The van der Waals surface area contributed by atoms with E-state index >= 15 is 0 Å². The summed E-state index contributed by atoms with van der Waals surface area (Å²) in [6.45, 7) is 0. The molecular formula is C16H10FN7O2. The van der Waals surface area contributed by atoms with Gasteiger partial charge in [0.2, 0.25) is 0 Å². The SMILES string of the molecule is O=C(Nc1ccc(F)cn1)c1cc(Oc2cncnc2)cn2cnnc12. The molecule has 128 valence electrons. The van der Waals surface area contributed by atoms with Gasteiger partial charge in [-0.15, -0.1) is 10.2 Å². The smallest absolute Gasteiger partial charge is 0.260 e. The number of carbonyl (C=O) groups excluding carboxylic acids is 1. The van der Waals surface area contributed by atoms with E-state index in [0.717, 1.165) is 6.20 Å². The van der Waals surface area contributed by atoms with Crippen molar-refractivity contribution in [3.05, 3.63) is 67.0 Å². The number of nitrogens with zero attached hydrogens (tertiary/aromatic N) is 6. The van der Waals surface area contributed by atoms with Crippen LogP contribution in [0.2, 0.25) is 0 Å². The first-order valence-electron chi connectivity index (χ1n) is 7.38. The summed E-state index contributed by atoms with van der Waals surface area (Å²) in [5.41, 5.74) is 0.546. The van der Waals surface area contributed by atoms with Crippen LogP contribution in [-0.4, -0.2) is 35.5 Å². The molecule has 4 aromatic heterocycles. The summed E-state index contributed by atoms with van der Waals surface area (Å²) in [5.74, 6) is -0.00663. The number of nitrogens with one attached hydrogen (secondary N) is 1. The molecule has 4 heterocycles. The zero-order chi connectivity index (χ0) is 17.9. The number of hydrogen-bond acceptors (Lipinski definition) is 7. The van der Waals surface area contributed by atoms with Gasteiger partial charge >= 0.3 is 0 Å². The summed E-state index contributed by atoms with van der Waals surface area (Å²) in [4.78, 5) is 24.1. The van der Waals surface area contributed by atoms with Crippen molar-refractivity contribution >= 4 is 17.4 Å². The van der Waals surface area contributed by atoms with Crippen molar-refractivity contribution in [2.75, 3.05) is 5.32 Å². The molecule has 1 N–H and O–H groups in total. The molecule has 4 aromatic rings. The standard InChI is InChI=1S/C16H10FN7O2/c17-10-1-2-14(20-4-10)22-16(25)13-3-11(7-24-9-21-23-15(13)24)26-12-5-18-8-19-6-12/h1-9H,(H,20,22,25). The van der Waals surface area contributed by atoms with Gasteiger partial charge in [-0.25, -0.2) is 19.3 Å². The van der Waals surface area contributed by atoms with Crippen LogP contribution in [0.3, 0.4) is 0 Å². The van der Waals surface area contributed by atoms with Gasteiger partial charge in [-0.05, 0) is 18.2 Å². The summed E-state index contributed by atoms with van der Waals surface area (Å²) in [6.07, 6.45) is 8.44. The van der Waals surface area contributed by atoms with Gasteiger partial charge in [0.1, 0.15) is 30.0 Å². The van der Waals surface area contributed by atoms with Gasteiger partial charge in [0.05, 0.1) is 30.4 Å². The fourth-order valence-corrected chi connectivity index (χ4v) is 2.24. The van der Waals surface area contributed by atoms with E-state index in [1.807, 2.05) is 0 Å². The van der Waals surface area contributed by atoms with Gasteiger partial charge in [-0.2, -0.15) is 0 Å². The minimum Gasteiger partial charge on any atom is -0.453 e. The monoisotopic (exact) mass is 351 g/mol. The zero-order valence-electron chi connectivity index (χ0n) is 13.1. The van der Waals surface area contributed by atoms with E-state index in [9.17, 15) is 9.18 Å². The van der Waals surface area contributed by atoms with Crippen LogP contribution in [0.4, 0.5) is 10.2 Å². The molecule has 0 aliphatic rings. The Morgan fingerprint density at radius 2 is 2.00 bits per heavy atom. The van der Waals surface area contributed by atoms with E-state index in [4.69, 9.17) is 4.74 Å². The maximum atomic E-state index is 13.0. The largest absolute Gasteiger partial charge is 0.453 e. The third-order valence-corrected chi connectivity index (χ3v) is 3.35. The molecule has 26 heavy (non-hydrogen) atoms. The lowest BCUT2D eigenvalue weighted by Gasteiger charge is -2.09. The second kappa shape index (κ2) is 6.51. The maximum absolute atomic E-state index is 13.0. The van der Waals surface area contributed by atoms with E-state index in [-0.39, 0.29) is 11.4 Å². The third kappa shape index (κ3) is 3.15. The number of ether oxygens (including phenoxy) is 1. The van der Waals surface area contributed by atoms with E-state index in [2.05, 4.69) is 30.5 Å². The van der Waals surface area contributed by atoms with Gasteiger partial charge in [-0.3, -0.25) is 9.20 Å². The fourth-order valence-electron chi connectivity index (χ4n) is 2.24. The molecule has 0 aromatic carbocycles. The molecule has 0 atom stereocenters. The number of carbonyl (C=O) groups is 1. The Balaban J connectivity index is 1.67. The number of anilines is 1. The van der Waals surface area contributed by atoms with Crippen LogP contribution >= 0.6 is 0 Å². The molecule has 9 nitrogen and oxygen atoms in total. The number of hydrogen-bond donors (Lipinski definition) is 1. The highest BCUT2D eigenvalue weighted by Crippen LogP contribution is 2.23. The van der Waals surface area contributed by atoms with Crippen LogP contribution < -0.4 is 10.1 Å². The summed E-state index contributed by atoms with van der Waals surface area (Å²) < 4.78 is 20.2. The van der Waals surface area contributed by atoms with Crippen LogP contribution in [-0.2, 0) is 0 Å². The third-order valence-electron chi connectivity index (χ3n) is 3.35. The van der Waals surface area contributed by atoms with Gasteiger partial charge in [0.25, 0.3) is 5.91 Å². The number of fused-ring (bicyclic) bond motifs is 1. The minimum absolute atomic E-state index is 0.205. The normalized spacial score (nSPS) is 10.7. The number of pyridine rings is 2. The molecular weight excluding hydrogens is 341 g/mol. The van der Waals surface area contributed by atoms with E-state index in [0.29, 0.717) is 17.1 Å². The van der Waals surface area contributed by atoms with Crippen LogP contribution in [0.5, 0.6) is 11.5 Å². The van der Waals surface area contributed by atoms with Crippen molar-refractivity contribution in [1.29, 1.82) is 0 Å². The van der Waals surface area contributed by atoms with Crippen LogP contribution in [0.25, 0.3) is 5.65 Å². The lowest BCUT2D eigenvalue weighted by molar-refractivity contribution is 0.102. The average Bonchev–Trinajstić information content (AvgIpc) is 3.12. The van der Waals surface area contributed by atoms with Crippen LogP contribution in [0, 0.1) is 5.82 Å². The van der Waals surface area contributed by atoms with E-state index in [1.165, 1.54) is 43.2 Å². The molecule has 0 unspecified atom stereocenters. The molecule has 1 amide bonds. The van der Waals surface area contributed by atoms with Crippen LogP contribution in [0.1, 0.15) is 10.4 Å². The van der Waals surface area contributed by atoms with Crippen molar-refractivity contribution in [3.8, 4) is 11.5 Å². The Morgan fingerprint density at radius 1 is 1.15 bits per heavy atom. The van der Waals surface area contributed by atoms with E-state index in [1.54, 1.807) is 10.6 Å². The highest BCUT2D eigenvalue weighted by molar-refractivity contribution is 6.08. The topological polar surface area (TPSA) is 107 Å². The fraction of sp³-hybridized carbons (Fsp3) is 0. The number of halogens is 1. The minimum atomic E-state index is -0.497. The van der Waals surface area contributed by atoms with Crippen molar-refractivity contribution in [3.63, 3.8) is 0 Å². The molecule has 0 radical (unpaired) electrons. The van der Waals surface area contributed by atoms with Crippen molar-refractivity contribution in [2.24, 2.45) is 0 Å². The summed E-state index contributed by atoms with van der Waals surface area (Å²) in [5, 5.41) is 10.3. The lowest BCUT2D eigenvalue weighted by atomic mass is 10.2. The Morgan fingerprint density at radius 3 is 2.77 bits per heavy atom. The zero-order valence-corrected chi connectivity index (χ0v) is 13.1. The summed E-state index contributed by atoms with van der Waals surface area (Å²) in [7, 11) is 0. The first kappa shape index (κ1) is 15.6. The molecule has 0 fully saturated rings. The van der Waals surface area contributed by atoms with E-state index < -0.39 is 11.7 Å². The first-order chi connectivity index (χ1) is 12.7. The highest BCUT2D eigenvalue weighted by atomic mass is 19.1. The second-order valence-electron chi connectivity index (χ2n) is 5.14. The molecule has 0 bridgehead atoms. The van der Waals surface area contributed by atoms with Crippen molar-refractivity contribution in [1.82, 2.24) is 29.5 Å². The number of rotatable bonds is 4. The first-order valence-corrected chi connectivity index (χ1v) is 7.38. The van der Waals surface area contributed by atoms with Gasteiger partial charge in [0, 0.05) is 0 Å². The van der Waals surface area contributed by atoms with Crippen molar-refractivity contribution in [2.45, 2.75) is 0 Å². The number of amides is 1. The predicted octanol–water partition coefficient (Wildman–Crippen LogP) is 2.10. The lowest BCUT2D eigenvalue weighted by Crippen LogP contribution is -2.14. The predicted molar refractivity (Wildman–Crippen MR) is 87.2 cm³/mol. The molecule has 10 heteroatoms. The van der Waals surface area contributed by atoms with Gasteiger partial charge < -0.3 is 10.1 Å². The Bertz CT molecular complexity index is 1070. The quantitative estimate of drug-likeness (QED) is 0.600. The Kier molecular flexibility index (Phi) is 3.90. The second-order valence-corrected chi connectivity index (χ2v) is 5.14. The molecule has 0 spiro atoms. The molecule has 0 aliphatic carbocycles. The summed E-state index contributed by atoms with van der Waals surface area (Å²) >= 11 is 0. The number of aromatic nitrogens is 6. The Hall–Kier alpha value is -3.95. The highest BCUT2D eigenvalue weighted by Gasteiger charge is 2.16. The average molecular weight is 351 g/mol. The molecule has 0 saturated carbocycles. The molecule has 4 rings (SSSR count).